The number of fused-ring (bicyclic) bond motifs is 1. The van der Waals surface area contributed by atoms with Gasteiger partial charge in [0.15, 0.2) is 0 Å². The van der Waals surface area contributed by atoms with E-state index in [9.17, 15) is 9.59 Å². The Bertz CT molecular complexity index is 1100. The lowest BCUT2D eigenvalue weighted by Crippen LogP contribution is -2.21. The topological polar surface area (TPSA) is 80.9 Å². The first-order chi connectivity index (χ1) is 14.6. The van der Waals surface area contributed by atoms with Crippen LogP contribution in [0.15, 0.2) is 51.3 Å². The molecule has 2 heterocycles. The van der Waals surface area contributed by atoms with Crippen molar-refractivity contribution in [3.63, 3.8) is 0 Å². The quantitative estimate of drug-likeness (QED) is 0.360. The van der Waals surface area contributed by atoms with E-state index < -0.39 is 5.97 Å². The molecule has 2 aromatic heterocycles. The summed E-state index contributed by atoms with van der Waals surface area (Å²) in [7, 11) is 0. The number of carbonyl (C=O) groups excluding carboxylic acids is 2. The van der Waals surface area contributed by atoms with Gasteiger partial charge in [0, 0.05) is 17.5 Å². The van der Waals surface area contributed by atoms with Gasteiger partial charge in [-0.25, -0.2) is 10.2 Å². The van der Waals surface area contributed by atoms with Crippen molar-refractivity contribution in [2.45, 2.75) is 39.5 Å². The van der Waals surface area contributed by atoms with E-state index in [2.05, 4.69) is 17.5 Å². The molecule has 1 aliphatic rings. The minimum Gasteiger partial charge on any atom is -0.453 e. The van der Waals surface area contributed by atoms with E-state index in [1.807, 2.05) is 30.5 Å². The van der Waals surface area contributed by atoms with Gasteiger partial charge >= 0.3 is 5.97 Å². The Morgan fingerprint density at radius 1 is 1.20 bits per heavy atom. The van der Waals surface area contributed by atoms with E-state index in [0.717, 1.165) is 18.4 Å². The molecule has 154 valence electrons. The Hall–Kier alpha value is -3.19. The highest BCUT2D eigenvalue weighted by Gasteiger charge is 2.29. The number of thiophene rings is 1. The van der Waals surface area contributed by atoms with Crippen LogP contribution in [-0.4, -0.2) is 17.6 Å². The van der Waals surface area contributed by atoms with Gasteiger partial charge in [0.05, 0.1) is 10.6 Å². The highest BCUT2D eigenvalue weighted by molar-refractivity contribution is 7.12. The van der Waals surface area contributed by atoms with Gasteiger partial charge in [0.25, 0.3) is 5.91 Å². The molecule has 0 unspecified atom stereocenters. The smallest absolute Gasteiger partial charge is 0.379 e. The summed E-state index contributed by atoms with van der Waals surface area (Å²) in [5.41, 5.74) is 5.98. The highest BCUT2D eigenvalue weighted by atomic mass is 32.1. The Morgan fingerprint density at radius 3 is 2.70 bits per heavy atom. The maximum Gasteiger partial charge on any atom is 0.379 e. The molecule has 4 rings (SSSR count). The van der Waals surface area contributed by atoms with Crippen LogP contribution in [0.4, 0.5) is 0 Å². The van der Waals surface area contributed by atoms with Crippen LogP contribution >= 0.6 is 11.3 Å². The fourth-order valence-corrected chi connectivity index (χ4v) is 4.12. The van der Waals surface area contributed by atoms with Crippen LogP contribution in [0.3, 0.4) is 0 Å². The summed E-state index contributed by atoms with van der Waals surface area (Å²) >= 11 is 1.36. The molecule has 1 N–H and O–H groups in total. The number of esters is 1. The van der Waals surface area contributed by atoms with Gasteiger partial charge in [-0.3, -0.25) is 4.79 Å². The van der Waals surface area contributed by atoms with Gasteiger partial charge in [0.2, 0.25) is 5.76 Å². The molecule has 1 amide bonds. The van der Waals surface area contributed by atoms with Crippen LogP contribution < -0.4 is 10.2 Å². The molecular formula is C23H22N2O4S. The number of furan rings is 1. The lowest BCUT2D eigenvalue weighted by Gasteiger charge is -2.13. The number of hydrogen-bond acceptors (Lipinski definition) is 6. The molecule has 30 heavy (non-hydrogen) atoms. The second-order valence-electron chi connectivity index (χ2n) is 7.07. The molecule has 0 radical (unpaired) electrons. The summed E-state index contributed by atoms with van der Waals surface area (Å²) in [6.07, 6.45) is 3.17. The second kappa shape index (κ2) is 8.67. The predicted octanol–water partition coefficient (Wildman–Crippen LogP) is 4.90. The number of rotatable bonds is 5. The fourth-order valence-electron chi connectivity index (χ4n) is 3.50. The van der Waals surface area contributed by atoms with E-state index in [-0.39, 0.29) is 11.7 Å². The van der Waals surface area contributed by atoms with Crippen LogP contribution in [0.5, 0.6) is 5.75 Å². The zero-order valence-electron chi connectivity index (χ0n) is 16.9. The zero-order valence-corrected chi connectivity index (χ0v) is 17.7. The molecule has 1 aromatic carbocycles. The van der Waals surface area contributed by atoms with Crippen molar-refractivity contribution in [3.05, 3.63) is 74.9 Å². The number of ether oxygens (including phenoxy) is 1. The first kappa shape index (κ1) is 20.1. The van der Waals surface area contributed by atoms with Gasteiger partial charge in [-0.15, -0.1) is 11.3 Å². The van der Waals surface area contributed by atoms with Gasteiger partial charge in [0.1, 0.15) is 11.5 Å². The normalized spacial score (nSPS) is 14.4. The fraction of sp³-hybridized carbons (Fsp3) is 0.261. The summed E-state index contributed by atoms with van der Waals surface area (Å²) in [5.74, 6) is 0.576. The van der Waals surface area contributed by atoms with E-state index in [4.69, 9.17) is 9.15 Å². The van der Waals surface area contributed by atoms with Crippen molar-refractivity contribution >= 4 is 28.9 Å². The van der Waals surface area contributed by atoms with Gasteiger partial charge in [-0.2, -0.15) is 5.10 Å². The average Bonchev–Trinajstić information content (AvgIpc) is 3.41. The van der Waals surface area contributed by atoms with Crippen LogP contribution in [0.2, 0.25) is 0 Å². The first-order valence-electron chi connectivity index (χ1n) is 9.91. The number of carbonyl (C=O) groups is 2. The summed E-state index contributed by atoms with van der Waals surface area (Å²) in [6, 6.07) is 11.0. The van der Waals surface area contributed by atoms with Crippen molar-refractivity contribution in [2.24, 2.45) is 5.10 Å². The zero-order chi connectivity index (χ0) is 21.1. The van der Waals surface area contributed by atoms with Gasteiger partial charge in [-0.05, 0) is 55.3 Å². The molecule has 0 fully saturated rings. The van der Waals surface area contributed by atoms with Crippen molar-refractivity contribution in [1.82, 2.24) is 5.43 Å². The van der Waals surface area contributed by atoms with Crippen LogP contribution in [0, 0.1) is 6.92 Å². The number of amides is 1. The standard InChI is InChI=1S/C23H22N2O4S/c1-3-15-9-11-16(12-10-15)28-23(27)21-14(2)20-17(6-4-7-18(20)29-21)24-25-22(26)19-8-5-13-30-19/h5,8-13H,3-4,6-7H2,1-2H3,(H,25,26)/b24-17+. The summed E-state index contributed by atoms with van der Waals surface area (Å²) < 4.78 is 11.4. The molecule has 0 atom stereocenters. The molecule has 0 spiro atoms. The lowest BCUT2D eigenvalue weighted by atomic mass is 9.93. The molecule has 0 aliphatic heterocycles. The number of aryl methyl sites for hydroxylation is 2. The van der Waals surface area contributed by atoms with Crippen LogP contribution in [0.1, 0.15) is 62.4 Å². The number of nitrogens with one attached hydrogen (secondary N) is 1. The molecular weight excluding hydrogens is 400 g/mol. The average molecular weight is 423 g/mol. The van der Waals surface area contributed by atoms with E-state index in [1.165, 1.54) is 16.9 Å². The third-order valence-electron chi connectivity index (χ3n) is 5.09. The maximum absolute atomic E-state index is 12.7. The third kappa shape index (κ3) is 4.07. The van der Waals surface area contributed by atoms with Gasteiger partial charge in [-0.1, -0.05) is 25.1 Å². The minimum atomic E-state index is -0.534. The van der Waals surface area contributed by atoms with Crippen molar-refractivity contribution in [2.75, 3.05) is 0 Å². The largest absolute Gasteiger partial charge is 0.453 e. The van der Waals surface area contributed by atoms with E-state index in [0.29, 0.717) is 40.5 Å². The lowest BCUT2D eigenvalue weighted by molar-refractivity contribution is 0.0698. The van der Waals surface area contributed by atoms with E-state index in [1.54, 1.807) is 18.2 Å². The van der Waals surface area contributed by atoms with Crippen molar-refractivity contribution in [3.8, 4) is 5.75 Å². The number of nitrogens with zero attached hydrogens (tertiary/aromatic N) is 1. The van der Waals surface area contributed by atoms with Crippen LogP contribution in [0.25, 0.3) is 0 Å². The Kier molecular flexibility index (Phi) is 5.81. The first-order valence-corrected chi connectivity index (χ1v) is 10.8. The molecule has 0 saturated heterocycles. The van der Waals surface area contributed by atoms with E-state index >= 15 is 0 Å². The number of benzene rings is 1. The second-order valence-corrected chi connectivity index (χ2v) is 8.02. The third-order valence-corrected chi connectivity index (χ3v) is 5.96. The monoisotopic (exact) mass is 422 g/mol. The van der Waals surface area contributed by atoms with Crippen molar-refractivity contribution in [1.29, 1.82) is 0 Å². The molecule has 0 saturated carbocycles. The molecule has 0 bridgehead atoms. The Morgan fingerprint density at radius 2 is 2.00 bits per heavy atom. The molecule has 3 aromatic rings. The number of hydrazone groups is 1. The van der Waals surface area contributed by atoms with Crippen molar-refractivity contribution < 1.29 is 18.7 Å². The molecule has 6 nitrogen and oxygen atoms in total. The molecule has 1 aliphatic carbocycles. The highest BCUT2D eigenvalue weighted by Crippen LogP contribution is 2.30. The van der Waals surface area contributed by atoms with Crippen LogP contribution in [-0.2, 0) is 12.8 Å². The van der Waals surface area contributed by atoms with Gasteiger partial charge < -0.3 is 9.15 Å². The Labute approximate surface area is 178 Å². The molecule has 7 heteroatoms. The summed E-state index contributed by atoms with van der Waals surface area (Å²) in [4.78, 5) is 25.5. The summed E-state index contributed by atoms with van der Waals surface area (Å²) in [5, 5.41) is 6.17. The summed E-state index contributed by atoms with van der Waals surface area (Å²) in [6.45, 7) is 3.89. The predicted molar refractivity (Wildman–Crippen MR) is 115 cm³/mol. The SMILES string of the molecule is CCc1ccc(OC(=O)c2oc3c(c2C)/C(=N/NC(=O)c2cccs2)CCC3)cc1. The minimum absolute atomic E-state index is 0.179. The Balaban J connectivity index is 1.55. The number of hydrogen-bond donors (Lipinski definition) is 1. The maximum atomic E-state index is 12.7.